The molecule has 0 spiro atoms. The van der Waals surface area contributed by atoms with Crippen molar-refractivity contribution in [2.24, 2.45) is 0 Å². The molecule has 39 heavy (non-hydrogen) atoms. The van der Waals surface area contributed by atoms with Gasteiger partial charge in [0, 0.05) is 18.1 Å². The Morgan fingerprint density at radius 1 is 1.00 bits per heavy atom. The Balaban J connectivity index is 2.11. The maximum absolute atomic E-state index is 14.0. The Kier molecular flexibility index (Phi) is 10.4. The molecule has 0 fully saturated rings. The number of rotatable bonds is 12. The summed E-state index contributed by atoms with van der Waals surface area (Å²) >= 11 is 6.26. The molecule has 0 aliphatic rings. The van der Waals surface area contributed by atoms with Gasteiger partial charge in [0.15, 0.2) is 0 Å². The maximum atomic E-state index is 14.0. The monoisotopic (exact) mass is 571 g/mol. The Morgan fingerprint density at radius 2 is 1.67 bits per heavy atom. The lowest BCUT2D eigenvalue weighted by Gasteiger charge is -2.33. The zero-order valence-electron chi connectivity index (χ0n) is 22.6. The molecule has 1 atom stereocenters. The zero-order valence-corrected chi connectivity index (χ0v) is 24.1. The first-order valence-corrected chi connectivity index (χ1v) is 14.5. The van der Waals surface area contributed by atoms with E-state index < -0.39 is 28.5 Å². The number of likely N-dealkylation sites (N-methyl/N-ethyl adjacent to an activating group) is 1. The first-order valence-electron chi connectivity index (χ1n) is 12.7. The van der Waals surface area contributed by atoms with Crippen LogP contribution < -0.4 is 14.4 Å². The summed E-state index contributed by atoms with van der Waals surface area (Å²) in [5.41, 5.74) is 1.98. The van der Waals surface area contributed by atoms with Gasteiger partial charge in [0.1, 0.15) is 18.3 Å². The fourth-order valence-electron chi connectivity index (χ4n) is 4.19. The number of carbonyl (C=O) groups excluding carboxylic acids is 2. The second kappa shape index (κ2) is 13.5. The normalized spacial score (nSPS) is 11.9. The molecule has 1 N–H and O–H groups in total. The van der Waals surface area contributed by atoms with Crippen LogP contribution in [0.3, 0.4) is 0 Å². The van der Waals surface area contributed by atoms with Crippen LogP contribution in [0.2, 0.25) is 5.02 Å². The van der Waals surface area contributed by atoms with Gasteiger partial charge in [-0.3, -0.25) is 13.9 Å². The van der Waals surface area contributed by atoms with Crippen molar-refractivity contribution in [3.8, 4) is 5.75 Å². The van der Waals surface area contributed by atoms with Crippen molar-refractivity contribution in [3.63, 3.8) is 0 Å². The smallest absolute Gasteiger partial charge is 0.264 e. The van der Waals surface area contributed by atoms with Crippen LogP contribution in [0.25, 0.3) is 0 Å². The predicted molar refractivity (Wildman–Crippen MR) is 153 cm³/mol. The van der Waals surface area contributed by atoms with Crippen LogP contribution in [-0.4, -0.2) is 51.4 Å². The highest BCUT2D eigenvalue weighted by Gasteiger charge is 2.34. The summed E-state index contributed by atoms with van der Waals surface area (Å²) in [5.74, 6) is -0.624. The summed E-state index contributed by atoms with van der Waals surface area (Å²) in [7, 11) is -2.82. The van der Waals surface area contributed by atoms with Gasteiger partial charge < -0.3 is 15.0 Å². The molecule has 3 aromatic rings. The number of aryl methyl sites for hydroxylation is 1. The minimum Gasteiger partial charge on any atom is -0.495 e. The van der Waals surface area contributed by atoms with Gasteiger partial charge in [0.25, 0.3) is 10.0 Å². The zero-order chi connectivity index (χ0) is 28.6. The molecule has 0 aromatic heterocycles. The van der Waals surface area contributed by atoms with Gasteiger partial charge in [0.05, 0.1) is 17.7 Å². The number of hydrogen-bond donors (Lipinski definition) is 1. The molecule has 3 rings (SSSR count). The van der Waals surface area contributed by atoms with Crippen molar-refractivity contribution >= 4 is 39.1 Å². The maximum Gasteiger partial charge on any atom is 0.264 e. The van der Waals surface area contributed by atoms with Crippen LogP contribution in [0.5, 0.6) is 5.75 Å². The second-order valence-electron chi connectivity index (χ2n) is 8.97. The lowest BCUT2D eigenvalue weighted by Crippen LogP contribution is -2.52. The molecule has 3 aromatic carbocycles. The Bertz CT molecular complexity index is 1380. The molecule has 0 saturated heterocycles. The molecule has 0 bridgehead atoms. The van der Waals surface area contributed by atoms with E-state index >= 15 is 0 Å². The molecule has 0 aliphatic carbocycles. The van der Waals surface area contributed by atoms with Crippen LogP contribution in [0.1, 0.15) is 31.4 Å². The molecule has 0 radical (unpaired) electrons. The molecular formula is C29H34ClN3O5S. The number of methoxy groups -OCH3 is 1. The first-order chi connectivity index (χ1) is 18.6. The van der Waals surface area contributed by atoms with Crippen LogP contribution in [-0.2, 0) is 26.2 Å². The summed E-state index contributed by atoms with van der Waals surface area (Å²) in [6.07, 6.45) is 0.343. The van der Waals surface area contributed by atoms with Crippen molar-refractivity contribution in [1.29, 1.82) is 0 Å². The highest BCUT2D eigenvalue weighted by atomic mass is 35.5. The molecule has 2 amide bonds. The van der Waals surface area contributed by atoms with E-state index in [2.05, 4.69) is 5.32 Å². The van der Waals surface area contributed by atoms with Gasteiger partial charge in [-0.1, -0.05) is 66.6 Å². The number of halogens is 1. The number of sulfonamides is 1. The summed E-state index contributed by atoms with van der Waals surface area (Å²) in [6.45, 7) is 5.53. The van der Waals surface area contributed by atoms with Gasteiger partial charge in [-0.25, -0.2) is 8.42 Å². The van der Waals surface area contributed by atoms with Crippen molar-refractivity contribution in [2.75, 3.05) is 24.5 Å². The third-order valence-corrected chi connectivity index (χ3v) is 8.24. The number of ether oxygens (including phenoxy) is 1. The lowest BCUT2D eigenvalue weighted by molar-refractivity contribution is -0.140. The van der Waals surface area contributed by atoms with Gasteiger partial charge in [-0.2, -0.15) is 0 Å². The van der Waals surface area contributed by atoms with E-state index in [1.807, 2.05) is 38.1 Å². The van der Waals surface area contributed by atoms with Crippen LogP contribution in [0.4, 0.5) is 5.69 Å². The standard InChI is InChI=1S/C29H34ClN3O5S/c1-5-25(29(35)31-6-2)32(19-22-14-12-21(3)13-15-22)28(34)20-33(26-18-23(30)16-17-27(26)38-4)39(36,37)24-10-8-7-9-11-24/h7-18,25H,5-6,19-20H2,1-4H3,(H,31,35)/t25-/m1/s1. The Morgan fingerprint density at radius 3 is 2.26 bits per heavy atom. The van der Waals surface area contributed by atoms with Crippen molar-refractivity contribution in [3.05, 3.63) is 88.9 Å². The van der Waals surface area contributed by atoms with E-state index in [0.717, 1.165) is 15.4 Å². The average Bonchev–Trinajstić information content (AvgIpc) is 2.93. The van der Waals surface area contributed by atoms with Crippen molar-refractivity contribution in [1.82, 2.24) is 10.2 Å². The highest BCUT2D eigenvalue weighted by molar-refractivity contribution is 7.92. The fraction of sp³-hybridized carbons (Fsp3) is 0.310. The number of carbonyl (C=O) groups is 2. The first kappa shape index (κ1) is 30.0. The number of amides is 2. The lowest BCUT2D eigenvalue weighted by atomic mass is 10.1. The second-order valence-corrected chi connectivity index (χ2v) is 11.3. The molecule has 0 saturated carbocycles. The summed E-state index contributed by atoms with van der Waals surface area (Å²) in [6, 6.07) is 19.2. The minimum absolute atomic E-state index is 0.000630. The Labute approximate surface area is 235 Å². The predicted octanol–water partition coefficient (Wildman–Crippen LogP) is 4.80. The molecule has 8 nitrogen and oxygen atoms in total. The molecular weight excluding hydrogens is 538 g/mol. The average molecular weight is 572 g/mol. The number of benzene rings is 3. The van der Waals surface area contributed by atoms with Gasteiger partial charge in [-0.05, 0) is 56.2 Å². The summed E-state index contributed by atoms with van der Waals surface area (Å²) < 4.78 is 34.3. The van der Waals surface area contributed by atoms with Gasteiger partial charge >= 0.3 is 0 Å². The van der Waals surface area contributed by atoms with Crippen molar-refractivity contribution in [2.45, 2.75) is 44.7 Å². The largest absolute Gasteiger partial charge is 0.495 e. The van der Waals surface area contributed by atoms with Gasteiger partial charge in [0.2, 0.25) is 11.8 Å². The highest BCUT2D eigenvalue weighted by Crippen LogP contribution is 2.35. The van der Waals surface area contributed by atoms with E-state index in [4.69, 9.17) is 16.3 Å². The molecule has 0 aliphatic heterocycles. The number of anilines is 1. The van der Waals surface area contributed by atoms with Crippen molar-refractivity contribution < 1.29 is 22.7 Å². The van der Waals surface area contributed by atoms with Crippen LogP contribution in [0, 0.1) is 6.92 Å². The number of hydrogen-bond acceptors (Lipinski definition) is 5. The molecule has 0 heterocycles. The summed E-state index contributed by atoms with van der Waals surface area (Å²) in [4.78, 5) is 28.5. The molecule has 10 heteroatoms. The third kappa shape index (κ3) is 7.30. The molecule has 0 unspecified atom stereocenters. The van der Waals surface area contributed by atoms with E-state index in [0.29, 0.717) is 13.0 Å². The number of nitrogens with zero attached hydrogens (tertiary/aromatic N) is 2. The van der Waals surface area contributed by atoms with E-state index in [1.165, 1.54) is 30.2 Å². The van der Waals surface area contributed by atoms with Crippen LogP contribution >= 0.6 is 11.6 Å². The van der Waals surface area contributed by atoms with E-state index in [-0.39, 0.29) is 33.8 Å². The van der Waals surface area contributed by atoms with Crippen LogP contribution in [0.15, 0.2) is 77.7 Å². The third-order valence-electron chi connectivity index (χ3n) is 6.23. The topological polar surface area (TPSA) is 96.0 Å². The Hall–Kier alpha value is -3.56. The minimum atomic E-state index is -4.23. The molecule has 208 valence electrons. The number of nitrogens with one attached hydrogen (secondary N) is 1. The fourth-order valence-corrected chi connectivity index (χ4v) is 5.80. The quantitative estimate of drug-likeness (QED) is 0.337. The van der Waals surface area contributed by atoms with E-state index in [1.54, 1.807) is 37.3 Å². The SMILES string of the molecule is CCNC(=O)[C@@H](CC)N(Cc1ccc(C)cc1)C(=O)CN(c1cc(Cl)ccc1OC)S(=O)(=O)c1ccccc1. The summed E-state index contributed by atoms with van der Waals surface area (Å²) in [5, 5.41) is 3.07. The van der Waals surface area contributed by atoms with E-state index in [9.17, 15) is 18.0 Å². The van der Waals surface area contributed by atoms with Gasteiger partial charge in [-0.15, -0.1) is 0 Å².